The van der Waals surface area contributed by atoms with E-state index in [2.05, 4.69) is 46.4 Å². The summed E-state index contributed by atoms with van der Waals surface area (Å²) in [6, 6.07) is 8.23. The molecule has 1 aliphatic rings. The van der Waals surface area contributed by atoms with E-state index in [1.54, 1.807) is 0 Å². The summed E-state index contributed by atoms with van der Waals surface area (Å²) in [7, 11) is 1.82. The Labute approximate surface area is 138 Å². The highest BCUT2D eigenvalue weighted by Crippen LogP contribution is 2.25. The van der Waals surface area contributed by atoms with E-state index in [1.165, 1.54) is 24.2 Å². The van der Waals surface area contributed by atoms with Crippen LogP contribution in [-0.4, -0.2) is 37.2 Å². The first-order valence-electron chi connectivity index (χ1n) is 8.09. The molecule has 1 saturated heterocycles. The molecule has 2 N–H and O–H groups in total. The number of aliphatic imine (C=N–C) groups is 1. The Bertz CT molecular complexity index is 473. The first kappa shape index (κ1) is 17.0. The minimum atomic E-state index is 0.726. The molecule has 0 bridgehead atoms. The van der Waals surface area contributed by atoms with Gasteiger partial charge < -0.3 is 15.4 Å². The van der Waals surface area contributed by atoms with Gasteiger partial charge in [0.25, 0.3) is 0 Å². The van der Waals surface area contributed by atoms with Crippen LogP contribution in [0.3, 0.4) is 0 Å². The highest BCUT2D eigenvalue weighted by Gasteiger charge is 2.15. The summed E-state index contributed by atoms with van der Waals surface area (Å²) in [6.45, 7) is 4.62. The molecule has 2 rings (SSSR count). The summed E-state index contributed by atoms with van der Waals surface area (Å²) in [6.07, 6.45) is 3.68. The van der Waals surface area contributed by atoms with Crippen LogP contribution in [0.5, 0.6) is 5.75 Å². The predicted molar refractivity (Wildman–Crippen MR) is 95.9 cm³/mol. The second-order valence-electron chi connectivity index (χ2n) is 5.44. The number of hydrogen-bond donors (Lipinski definition) is 2. The first-order chi connectivity index (χ1) is 10.8. The van der Waals surface area contributed by atoms with Crippen molar-refractivity contribution in [2.24, 2.45) is 4.99 Å². The van der Waals surface area contributed by atoms with Crippen molar-refractivity contribution in [1.82, 2.24) is 10.6 Å². The van der Waals surface area contributed by atoms with E-state index in [4.69, 9.17) is 4.74 Å². The molecule has 1 heterocycles. The fourth-order valence-corrected chi connectivity index (χ4v) is 3.59. The van der Waals surface area contributed by atoms with Crippen LogP contribution in [-0.2, 0) is 6.54 Å². The number of hydrogen-bond acceptors (Lipinski definition) is 3. The van der Waals surface area contributed by atoms with Crippen LogP contribution in [0.1, 0.15) is 31.7 Å². The maximum absolute atomic E-state index is 5.67. The lowest BCUT2D eigenvalue weighted by Crippen LogP contribution is -2.39. The molecule has 1 unspecified atom stereocenters. The smallest absolute Gasteiger partial charge is 0.191 e. The molecule has 0 spiro atoms. The number of nitrogens with one attached hydrogen (secondary N) is 2. The lowest BCUT2D eigenvalue weighted by molar-refractivity contribution is 0.317. The average molecular weight is 321 g/mol. The van der Waals surface area contributed by atoms with Crippen molar-refractivity contribution in [3.05, 3.63) is 29.8 Å². The fourth-order valence-electron chi connectivity index (χ4n) is 2.39. The van der Waals surface area contributed by atoms with E-state index in [1.807, 2.05) is 19.2 Å². The summed E-state index contributed by atoms with van der Waals surface area (Å²) < 4.78 is 5.67. The number of nitrogens with zero attached hydrogens (tertiary/aromatic N) is 1. The van der Waals surface area contributed by atoms with E-state index in [9.17, 15) is 0 Å². The monoisotopic (exact) mass is 321 g/mol. The van der Waals surface area contributed by atoms with Gasteiger partial charge in [-0.1, -0.05) is 19.1 Å². The zero-order chi connectivity index (χ0) is 15.6. The first-order valence-corrected chi connectivity index (χ1v) is 9.14. The van der Waals surface area contributed by atoms with Crippen LogP contribution in [0.15, 0.2) is 29.3 Å². The standard InChI is InChI=1S/C17H27N3OS/c1-3-9-21-15-7-4-6-14(11-15)12-19-17(18-2)20-13-16-8-5-10-22-16/h4,6-7,11,16H,3,5,8-10,12-13H2,1-2H3,(H2,18,19,20). The van der Waals surface area contributed by atoms with Crippen LogP contribution >= 0.6 is 11.8 Å². The fraction of sp³-hybridized carbons (Fsp3) is 0.588. The Kier molecular flexibility index (Phi) is 7.43. The SMILES string of the molecule is CCCOc1cccc(CNC(=NC)NCC2CCCS2)c1. The van der Waals surface area contributed by atoms with Crippen molar-refractivity contribution in [3.8, 4) is 5.75 Å². The summed E-state index contributed by atoms with van der Waals surface area (Å²) >= 11 is 2.06. The highest BCUT2D eigenvalue weighted by molar-refractivity contribution is 8.00. The van der Waals surface area contributed by atoms with Crippen LogP contribution in [0, 0.1) is 0 Å². The second kappa shape index (κ2) is 9.62. The Hall–Kier alpha value is -1.36. The molecule has 1 aromatic carbocycles. The molecule has 0 radical (unpaired) electrons. The summed E-state index contributed by atoms with van der Waals surface area (Å²) in [4.78, 5) is 4.29. The van der Waals surface area contributed by atoms with E-state index >= 15 is 0 Å². The normalized spacial score (nSPS) is 18.3. The molecule has 0 saturated carbocycles. The molecule has 0 aromatic heterocycles. The highest BCUT2D eigenvalue weighted by atomic mass is 32.2. The van der Waals surface area contributed by atoms with Gasteiger partial charge in [0.2, 0.25) is 0 Å². The molecule has 1 atom stereocenters. The number of benzene rings is 1. The number of guanidine groups is 1. The van der Waals surface area contributed by atoms with Crippen molar-refractivity contribution in [3.63, 3.8) is 0 Å². The van der Waals surface area contributed by atoms with E-state index in [-0.39, 0.29) is 0 Å². The van der Waals surface area contributed by atoms with Gasteiger partial charge in [-0.25, -0.2) is 0 Å². The molecule has 122 valence electrons. The third-order valence-electron chi connectivity index (χ3n) is 3.58. The minimum absolute atomic E-state index is 0.726. The van der Waals surface area contributed by atoms with E-state index in [0.717, 1.165) is 43.1 Å². The second-order valence-corrected chi connectivity index (χ2v) is 6.85. The predicted octanol–water partition coefficient (Wildman–Crippen LogP) is 3.04. The van der Waals surface area contributed by atoms with Crippen LogP contribution in [0.25, 0.3) is 0 Å². The van der Waals surface area contributed by atoms with Gasteiger partial charge in [0.1, 0.15) is 5.75 Å². The quantitative estimate of drug-likeness (QED) is 0.598. The Morgan fingerprint density at radius 2 is 2.32 bits per heavy atom. The summed E-state index contributed by atoms with van der Waals surface area (Å²) in [5.74, 6) is 3.10. The molecule has 5 heteroatoms. The summed E-state index contributed by atoms with van der Waals surface area (Å²) in [5, 5.41) is 7.51. The lowest BCUT2D eigenvalue weighted by Gasteiger charge is -2.15. The minimum Gasteiger partial charge on any atom is -0.494 e. The van der Waals surface area contributed by atoms with Gasteiger partial charge in [-0.2, -0.15) is 11.8 Å². The van der Waals surface area contributed by atoms with Gasteiger partial charge in [0.15, 0.2) is 5.96 Å². The Morgan fingerprint density at radius 3 is 3.05 bits per heavy atom. The molecule has 4 nitrogen and oxygen atoms in total. The topological polar surface area (TPSA) is 45.6 Å². The van der Waals surface area contributed by atoms with Crippen molar-refractivity contribution in [1.29, 1.82) is 0 Å². The van der Waals surface area contributed by atoms with Crippen LogP contribution in [0.4, 0.5) is 0 Å². The zero-order valence-corrected chi connectivity index (χ0v) is 14.4. The Morgan fingerprint density at radius 1 is 1.41 bits per heavy atom. The number of rotatable bonds is 7. The van der Waals surface area contributed by atoms with Gasteiger partial charge >= 0.3 is 0 Å². The Balaban J connectivity index is 1.77. The van der Waals surface area contributed by atoms with Gasteiger partial charge in [-0.3, -0.25) is 4.99 Å². The van der Waals surface area contributed by atoms with Gasteiger partial charge in [0, 0.05) is 25.4 Å². The van der Waals surface area contributed by atoms with Crippen LogP contribution in [0.2, 0.25) is 0 Å². The third-order valence-corrected chi connectivity index (χ3v) is 4.97. The average Bonchev–Trinajstić information content (AvgIpc) is 3.07. The summed E-state index contributed by atoms with van der Waals surface area (Å²) in [5.41, 5.74) is 1.20. The van der Waals surface area contributed by atoms with Gasteiger partial charge in [-0.15, -0.1) is 0 Å². The molecular weight excluding hydrogens is 294 g/mol. The largest absolute Gasteiger partial charge is 0.494 e. The molecule has 0 aliphatic carbocycles. The van der Waals surface area contributed by atoms with Gasteiger partial charge in [-0.05, 0) is 42.7 Å². The molecular formula is C17H27N3OS. The van der Waals surface area contributed by atoms with Crippen molar-refractivity contribution < 1.29 is 4.74 Å². The lowest BCUT2D eigenvalue weighted by atomic mass is 10.2. The van der Waals surface area contributed by atoms with E-state index < -0.39 is 0 Å². The number of ether oxygens (including phenoxy) is 1. The maximum Gasteiger partial charge on any atom is 0.191 e. The van der Waals surface area contributed by atoms with Crippen molar-refractivity contribution >= 4 is 17.7 Å². The van der Waals surface area contributed by atoms with Crippen molar-refractivity contribution in [2.45, 2.75) is 38.0 Å². The molecule has 22 heavy (non-hydrogen) atoms. The molecule has 1 fully saturated rings. The third kappa shape index (κ3) is 5.79. The van der Waals surface area contributed by atoms with Gasteiger partial charge in [0.05, 0.1) is 6.61 Å². The number of thioether (sulfide) groups is 1. The van der Waals surface area contributed by atoms with Crippen molar-refractivity contribution in [2.75, 3.05) is 26.0 Å². The molecule has 1 aliphatic heterocycles. The van der Waals surface area contributed by atoms with Crippen LogP contribution < -0.4 is 15.4 Å². The molecule has 0 amide bonds. The molecule has 1 aromatic rings. The zero-order valence-electron chi connectivity index (χ0n) is 13.6. The maximum atomic E-state index is 5.67. The van der Waals surface area contributed by atoms with E-state index in [0.29, 0.717) is 0 Å².